The van der Waals surface area contributed by atoms with E-state index in [0.717, 1.165) is 10.1 Å². The van der Waals surface area contributed by atoms with Gasteiger partial charge in [-0.25, -0.2) is 9.59 Å². The van der Waals surface area contributed by atoms with Crippen LogP contribution in [0.5, 0.6) is 5.88 Å². The number of hydrogen-bond acceptors (Lipinski definition) is 5. The highest BCUT2D eigenvalue weighted by atomic mass is 16.6. The summed E-state index contributed by atoms with van der Waals surface area (Å²) in [5.41, 5.74) is 0.527. The minimum atomic E-state index is -0.597. The lowest BCUT2D eigenvalue weighted by molar-refractivity contribution is 0.0287. The van der Waals surface area contributed by atoms with E-state index in [1.807, 2.05) is 30.3 Å². The number of rotatable bonds is 2. The zero-order valence-electron chi connectivity index (χ0n) is 14.5. The topological polar surface area (TPSA) is 82.8 Å². The summed E-state index contributed by atoms with van der Waals surface area (Å²) in [5.74, 6) is -0.0771. The Balaban J connectivity index is 1.90. The standard InChI is InChI=1S/C18H19N3O5/c1-19-15(22)14-12(11-6-4-3-5-7-11)10-13(21-8-9-25-18(21)24)26-16(14)20(2)17(19)23/h3-7,12-13H,8-10H2,1-2H3/t12-,13-/m1/s1. The molecule has 2 aliphatic rings. The quantitative estimate of drug-likeness (QED) is 0.793. The van der Waals surface area contributed by atoms with E-state index in [0.29, 0.717) is 25.1 Å². The van der Waals surface area contributed by atoms with Crippen molar-refractivity contribution in [3.8, 4) is 5.88 Å². The number of carbonyl (C=O) groups excluding carboxylic acids is 1. The zero-order valence-corrected chi connectivity index (χ0v) is 14.5. The largest absolute Gasteiger partial charge is 0.454 e. The Morgan fingerprint density at radius 3 is 2.42 bits per heavy atom. The first-order valence-corrected chi connectivity index (χ1v) is 8.44. The van der Waals surface area contributed by atoms with Gasteiger partial charge in [0.2, 0.25) is 5.88 Å². The summed E-state index contributed by atoms with van der Waals surface area (Å²) in [7, 11) is 3.02. The van der Waals surface area contributed by atoms with Crippen LogP contribution in [0.1, 0.15) is 23.5 Å². The second-order valence-corrected chi connectivity index (χ2v) is 6.50. The number of benzene rings is 1. The molecule has 2 atom stereocenters. The fourth-order valence-electron chi connectivity index (χ4n) is 3.63. The summed E-state index contributed by atoms with van der Waals surface area (Å²) in [6.07, 6.45) is -0.626. The minimum absolute atomic E-state index is 0.211. The van der Waals surface area contributed by atoms with Crippen molar-refractivity contribution < 1.29 is 14.3 Å². The molecule has 8 heteroatoms. The highest BCUT2D eigenvalue weighted by molar-refractivity contribution is 5.69. The first kappa shape index (κ1) is 16.4. The normalized spacial score (nSPS) is 21.9. The molecule has 0 bridgehead atoms. The van der Waals surface area contributed by atoms with E-state index in [9.17, 15) is 14.4 Å². The number of cyclic esters (lactones) is 1. The Hall–Kier alpha value is -3.03. The predicted molar refractivity (Wildman–Crippen MR) is 92.3 cm³/mol. The van der Waals surface area contributed by atoms with Gasteiger partial charge in [-0.15, -0.1) is 0 Å². The van der Waals surface area contributed by atoms with E-state index in [1.165, 1.54) is 16.5 Å². The summed E-state index contributed by atoms with van der Waals surface area (Å²) >= 11 is 0. The van der Waals surface area contributed by atoms with E-state index in [-0.39, 0.29) is 17.4 Å². The van der Waals surface area contributed by atoms with E-state index in [1.54, 1.807) is 7.05 Å². The zero-order chi connectivity index (χ0) is 18.4. The molecule has 4 rings (SSSR count). The molecule has 1 saturated heterocycles. The third-order valence-corrected chi connectivity index (χ3v) is 5.02. The highest BCUT2D eigenvalue weighted by Crippen LogP contribution is 2.38. The van der Waals surface area contributed by atoms with Crippen LogP contribution >= 0.6 is 0 Å². The maximum Gasteiger partial charge on any atom is 0.412 e. The predicted octanol–water partition coefficient (Wildman–Crippen LogP) is 0.777. The van der Waals surface area contributed by atoms with Gasteiger partial charge in [0, 0.05) is 26.4 Å². The maximum atomic E-state index is 12.8. The van der Waals surface area contributed by atoms with Gasteiger partial charge in [-0.2, -0.15) is 0 Å². The lowest BCUT2D eigenvalue weighted by atomic mass is 9.87. The van der Waals surface area contributed by atoms with Gasteiger partial charge in [0.15, 0.2) is 6.23 Å². The van der Waals surface area contributed by atoms with Crippen molar-refractivity contribution >= 4 is 6.09 Å². The van der Waals surface area contributed by atoms with Crippen LogP contribution in [0, 0.1) is 0 Å². The van der Waals surface area contributed by atoms with Gasteiger partial charge in [0.1, 0.15) is 6.61 Å². The van der Waals surface area contributed by atoms with Gasteiger partial charge < -0.3 is 9.47 Å². The van der Waals surface area contributed by atoms with Crippen molar-refractivity contribution in [2.24, 2.45) is 14.1 Å². The van der Waals surface area contributed by atoms with Gasteiger partial charge in [-0.1, -0.05) is 30.3 Å². The number of amides is 1. The molecular formula is C18H19N3O5. The smallest absolute Gasteiger partial charge is 0.412 e. The third-order valence-electron chi connectivity index (χ3n) is 5.02. The molecule has 0 unspecified atom stereocenters. The highest BCUT2D eigenvalue weighted by Gasteiger charge is 2.40. The molecule has 1 aromatic carbocycles. The van der Waals surface area contributed by atoms with Crippen LogP contribution in [0.25, 0.3) is 0 Å². The summed E-state index contributed by atoms with van der Waals surface area (Å²) < 4.78 is 13.4. The molecule has 0 N–H and O–H groups in total. The fourth-order valence-corrected chi connectivity index (χ4v) is 3.63. The minimum Gasteiger partial charge on any atom is -0.454 e. The SMILES string of the molecule is Cn1c2c(c(=O)n(C)c1=O)[C@@H](c1ccccc1)C[C@H](N1CCOC1=O)O2. The van der Waals surface area contributed by atoms with Crippen molar-refractivity contribution in [3.63, 3.8) is 0 Å². The Kier molecular flexibility index (Phi) is 3.82. The Bertz CT molecular complexity index is 979. The number of aromatic nitrogens is 2. The van der Waals surface area contributed by atoms with Crippen molar-refractivity contribution in [1.82, 2.24) is 14.0 Å². The van der Waals surface area contributed by atoms with Gasteiger partial charge in [0.25, 0.3) is 5.56 Å². The molecule has 0 spiro atoms. The molecular weight excluding hydrogens is 338 g/mol. The van der Waals surface area contributed by atoms with E-state index >= 15 is 0 Å². The number of hydrogen-bond donors (Lipinski definition) is 0. The van der Waals surface area contributed by atoms with Crippen LogP contribution in [0.4, 0.5) is 4.79 Å². The molecule has 3 heterocycles. The number of nitrogens with zero attached hydrogens (tertiary/aromatic N) is 3. The molecule has 0 saturated carbocycles. The number of ether oxygens (including phenoxy) is 2. The molecule has 8 nitrogen and oxygen atoms in total. The molecule has 1 fully saturated rings. The first-order valence-electron chi connectivity index (χ1n) is 8.44. The van der Waals surface area contributed by atoms with Crippen molar-refractivity contribution in [2.75, 3.05) is 13.2 Å². The summed E-state index contributed by atoms with van der Waals surface area (Å²) in [6, 6.07) is 9.57. The summed E-state index contributed by atoms with van der Waals surface area (Å²) in [6.45, 7) is 0.718. The fraction of sp³-hybridized carbons (Fsp3) is 0.389. The monoisotopic (exact) mass is 357 g/mol. The van der Waals surface area contributed by atoms with Crippen LogP contribution in [0.3, 0.4) is 0 Å². The van der Waals surface area contributed by atoms with Crippen LogP contribution < -0.4 is 16.0 Å². The molecule has 26 heavy (non-hydrogen) atoms. The second-order valence-electron chi connectivity index (χ2n) is 6.50. The van der Waals surface area contributed by atoms with E-state index < -0.39 is 18.0 Å². The molecule has 1 aromatic heterocycles. The first-order chi connectivity index (χ1) is 12.5. The average molecular weight is 357 g/mol. The Morgan fingerprint density at radius 2 is 1.77 bits per heavy atom. The second kappa shape index (κ2) is 6.05. The van der Waals surface area contributed by atoms with Crippen LogP contribution in [0.2, 0.25) is 0 Å². The van der Waals surface area contributed by atoms with Crippen molar-refractivity contribution in [2.45, 2.75) is 18.6 Å². The molecule has 1 amide bonds. The summed E-state index contributed by atoms with van der Waals surface area (Å²) in [5, 5.41) is 0. The molecule has 0 radical (unpaired) electrons. The van der Waals surface area contributed by atoms with Crippen LogP contribution in [-0.4, -0.2) is 39.5 Å². The number of fused-ring (bicyclic) bond motifs is 1. The molecule has 2 aliphatic heterocycles. The van der Waals surface area contributed by atoms with Gasteiger partial charge in [0.05, 0.1) is 12.1 Å². The lowest BCUT2D eigenvalue weighted by Gasteiger charge is -2.36. The lowest BCUT2D eigenvalue weighted by Crippen LogP contribution is -2.49. The Labute approximate surface area is 149 Å². The van der Waals surface area contributed by atoms with E-state index in [4.69, 9.17) is 9.47 Å². The van der Waals surface area contributed by atoms with Crippen molar-refractivity contribution in [3.05, 3.63) is 62.3 Å². The van der Waals surface area contributed by atoms with Gasteiger partial charge in [-0.3, -0.25) is 18.8 Å². The Morgan fingerprint density at radius 1 is 1.04 bits per heavy atom. The van der Waals surface area contributed by atoms with Crippen LogP contribution in [0.15, 0.2) is 39.9 Å². The van der Waals surface area contributed by atoms with Crippen molar-refractivity contribution in [1.29, 1.82) is 0 Å². The van der Waals surface area contributed by atoms with Crippen LogP contribution in [-0.2, 0) is 18.8 Å². The molecule has 136 valence electrons. The molecule has 0 aliphatic carbocycles. The summed E-state index contributed by atoms with van der Waals surface area (Å²) in [4.78, 5) is 38.7. The third kappa shape index (κ3) is 2.40. The van der Waals surface area contributed by atoms with Gasteiger partial charge in [-0.05, 0) is 5.56 Å². The molecule has 2 aromatic rings. The number of carbonyl (C=O) groups is 1. The average Bonchev–Trinajstić information content (AvgIpc) is 3.10. The maximum absolute atomic E-state index is 12.8. The van der Waals surface area contributed by atoms with E-state index in [2.05, 4.69) is 0 Å². The van der Waals surface area contributed by atoms with Gasteiger partial charge >= 0.3 is 11.8 Å².